The van der Waals surface area contributed by atoms with Crippen LogP contribution in [0.15, 0.2) is 12.1 Å². The molecular formula is C9H10N2O3. The van der Waals surface area contributed by atoms with E-state index in [1.165, 1.54) is 6.07 Å². The minimum Gasteiger partial charge on any atom is -0.487 e. The third-order valence-electron chi connectivity index (χ3n) is 2.29. The van der Waals surface area contributed by atoms with Crippen molar-refractivity contribution in [3.8, 4) is 5.75 Å². The molecule has 5 nitrogen and oxygen atoms in total. The monoisotopic (exact) mass is 194 g/mol. The zero-order valence-electron chi connectivity index (χ0n) is 7.53. The lowest BCUT2D eigenvalue weighted by Gasteiger charge is -2.18. The third-order valence-corrected chi connectivity index (χ3v) is 2.29. The van der Waals surface area contributed by atoms with Gasteiger partial charge >= 0.3 is 5.69 Å². The fourth-order valence-corrected chi connectivity index (χ4v) is 1.62. The Labute approximate surface area is 80.6 Å². The highest BCUT2D eigenvalue weighted by atomic mass is 16.6. The van der Waals surface area contributed by atoms with E-state index in [1.54, 1.807) is 6.07 Å². The molecule has 0 bridgehead atoms. The Morgan fingerprint density at radius 1 is 1.50 bits per heavy atom. The molecule has 0 spiro atoms. The summed E-state index contributed by atoms with van der Waals surface area (Å²) in [5.41, 5.74) is 7.06. The molecule has 0 amide bonds. The number of anilines is 1. The van der Waals surface area contributed by atoms with Gasteiger partial charge in [0.1, 0.15) is 0 Å². The largest absolute Gasteiger partial charge is 0.487 e. The summed E-state index contributed by atoms with van der Waals surface area (Å²) in [6.45, 7) is 0.525. The normalized spacial score (nSPS) is 14.3. The van der Waals surface area contributed by atoms with Gasteiger partial charge in [-0.3, -0.25) is 10.1 Å². The number of hydrogen-bond acceptors (Lipinski definition) is 4. The average molecular weight is 194 g/mol. The summed E-state index contributed by atoms with van der Waals surface area (Å²) in [7, 11) is 0. The molecule has 2 N–H and O–H groups in total. The van der Waals surface area contributed by atoms with E-state index < -0.39 is 4.92 Å². The van der Waals surface area contributed by atoms with Crippen molar-refractivity contribution in [2.45, 2.75) is 12.8 Å². The van der Waals surface area contributed by atoms with Crippen LogP contribution in [0.4, 0.5) is 11.4 Å². The molecule has 0 atom stereocenters. The van der Waals surface area contributed by atoms with Crippen molar-refractivity contribution in [3.63, 3.8) is 0 Å². The number of nitrogen functional groups attached to an aromatic ring is 1. The van der Waals surface area contributed by atoms with Crippen LogP contribution in [0.3, 0.4) is 0 Å². The number of ether oxygens (including phenoxy) is 1. The van der Waals surface area contributed by atoms with E-state index in [-0.39, 0.29) is 5.69 Å². The molecule has 0 aliphatic carbocycles. The summed E-state index contributed by atoms with van der Waals surface area (Å²) in [4.78, 5) is 10.2. The van der Waals surface area contributed by atoms with Crippen molar-refractivity contribution in [2.75, 3.05) is 12.3 Å². The van der Waals surface area contributed by atoms with Gasteiger partial charge in [-0.05, 0) is 18.9 Å². The Morgan fingerprint density at radius 2 is 2.29 bits per heavy atom. The SMILES string of the molecule is Nc1ccc([N+](=O)[O-])c2c1CCCO2. The minimum absolute atomic E-state index is 0.00824. The number of fused-ring (bicyclic) bond motifs is 1. The molecule has 5 heteroatoms. The molecule has 0 saturated heterocycles. The van der Waals surface area contributed by atoms with Crippen LogP contribution in [-0.4, -0.2) is 11.5 Å². The maximum absolute atomic E-state index is 10.7. The fourth-order valence-electron chi connectivity index (χ4n) is 1.62. The van der Waals surface area contributed by atoms with E-state index in [9.17, 15) is 10.1 Å². The summed E-state index contributed by atoms with van der Waals surface area (Å²) >= 11 is 0. The molecule has 1 heterocycles. The van der Waals surface area contributed by atoms with Gasteiger partial charge in [-0.2, -0.15) is 0 Å². The van der Waals surface area contributed by atoms with Crippen molar-refractivity contribution in [2.24, 2.45) is 0 Å². The summed E-state index contributed by atoms with van der Waals surface area (Å²) in [6, 6.07) is 2.95. The summed E-state index contributed by atoms with van der Waals surface area (Å²) in [6.07, 6.45) is 1.61. The topological polar surface area (TPSA) is 78.4 Å². The minimum atomic E-state index is -0.441. The van der Waals surface area contributed by atoms with Crippen LogP contribution in [0.25, 0.3) is 0 Å². The van der Waals surface area contributed by atoms with Gasteiger partial charge in [-0.1, -0.05) is 0 Å². The van der Waals surface area contributed by atoms with Crippen molar-refractivity contribution < 1.29 is 9.66 Å². The number of hydrogen-bond donors (Lipinski definition) is 1. The van der Waals surface area contributed by atoms with Gasteiger partial charge < -0.3 is 10.5 Å². The molecule has 0 saturated carbocycles. The highest BCUT2D eigenvalue weighted by Gasteiger charge is 2.23. The van der Waals surface area contributed by atoms with Crippen LogP contribution in [0, 0.1) is 10.1 Å². The molecule has 0 fully saturated rings. The Morgan fingerprint density at radius 3 is 3.00 bits per heavy atom. The molecule has 0 aromatic heterocycles. The van der Waals surface area contributed by atoms with Crippen molar-refractivity contribution in [1.29, 1.82) is 0 Å². The lowest BCUT2D eigenvalue weighted by Crippen LogP contribution is -2.12. The van der Waals surface area contributed by atoms with E-state index in [0.717, 1.165) is 18.4 Å². The van der Waals surface area contributed by atoms with Crippen molar-refractivity contribution in [3.05, 3.63) is 27.8 Å². The van der Waals surface area contributed by atoms with E-state index >= 15 is 0 Å². The predicted molar refractivity (Wildman–Crippen MR) is 51.3 cm³/mol. The Kier molecular flexibility index (Phi) is 1.99. The van der Waals surface area contributed by atoms with Gasteiger partial charge in [0.25, 0.3) is 0 Å². The molecule has 1 aliphatic rings. The highest BCUT2D eigenvalue weighted by molar-refractivity contribution is 5.64. The van der Waals surface area contributed by atoms with Crippen molar-refractivity contribution >= 4 is 11.4 Å². The molecule has 1 aliphatic heterocycles. The third kappa shape index (κ3) is 1.26. The lowest BCUT2D eigenvalue weighted by molar-refractivity contribution is -0.386. The molecule has 2 rings (SSSR count). The average Bonchev–Trinajstić information content (AvgIpc) is 2.18. The van der Waals surface area contributed by atoms with E-state index in [0.29, 0.717) is 18.0 Å². The number of benzene rings is 1. The number of nitro benzene ring substituents is 1. The second kappa shape index (κ2) is 3.17. The van der Waals surface area contributed by atoms with Crippen molar-refractivity contribution in [1.82, 2.24) is 0 Å². The van der Waals surface area contributed by atoms with E-state index in [2.05, 4.69) is 0 Å². The first kappa shape index (κ1) is 8.80. The van der Waals surface area contributed by atoms with E-state index in [1.807, 2.05) is 0 Å². The fraction of sp³-hybridized carbons (Fsp3) is 0.333. The Bertz CT molecular complexity index is 390. The standard InChI is InChI=1S/C9H10N2O3/c10-7-3-4-8(11(12)13)9-6(7)2-1-5-14-9/h3-4H,1-2,5,10H2. The van der Waals surface area contributed by atoms with Crippen LogP contribution in [0.5, 0.6) is 5.75 Å². The zero-order valence-corrected chi connectivity index (χ0v) is 7.53. The molecular weight excluding hydrogens is 184 g/mol. The van der Waals surface area contributed by atoms with Gasteiger partial charge in [0.05, 0.1) is 11.5 Å². The molecule has 1 aromatic rings. The van der Waals surface area contributed by atoms with Gasteiger partial charge in [0.2, 0.25) is 5.75 Å². The smallest absolute Gasteiger partial charge is 0.311 e. The van der Waals surface area contributed by atoms with Gasteiger partial charge in [-0.15, -0.1) is 0 Å². The number of nitrogens with two attached hydrogens (primary N) is 1. The first-order chi connectivity index (χ1) is 6.70. The summed E-state index contributed by atoms with van der Waals surface area (Å²) in [5, 5.41) is 10.7. The van der Waals surface area contributed by atoms with E-state index in [4.69, 9.17) is 10.5 Å². The predicted octanol–water partition coefficient (Wildman–Crippen LogP) is 1.50. The van der Waals surface area contributed by atoms with Crippen LogP contribution >= 0.6 is 0 Å². The zero-order chi connectivity index (χ0) is 10.1. The molecule has 1 aromatic carbocycles. The van der Waals surface area contributed by atoms with Gasteiger partial charge in [0, 0.05) is 17.3 Å². The maximum Gasteiger partial charge on any atom is 0.311 e. The molecule has 0 unspecified atom stereocenters. The first-order valence-corrected chi connectivity index (χ1v) is 4.38. The number of rotatable bonds is 1. The lowest BCUT2D eigenvalue weighted by atomic mass is 10.0. The molecule has 0 radical (unpaired) electrons. The van der Waals surface area contributed by atoms with Crippen LogP contribution in [0.2, 0.25) is 0 Å². The van der Waals surface area contributed by atoms with Gasteiger partial charge in [0.15, 0.2) is 0 Å². The quantitative estimate of drug-likeness (QED) is 0.417. The second-order valence-electron chi connectivity index (χ2n) is 3.19. The first-order valence-electron chi connectivity index (χ1n) is 4.38. The number of nitrogens with zero attached hydrogens (tertiary/aromatic N) is 1. The summed E-state index contributed by atoms with van der Waals surface area (Å²) in [5.74, 6) is 0.348. The van der Waals surface area contributed by atoms with Crippen LogP contribution in [-0.2, 0) is 6.42 Å². The molecule has 74 valence electrons. The van der Waals surface area contributed by atoms with Crippen LogP contribution in [0.1, 0.15) is 12.0 Å². The van der Waals surface area contributed by atoms with Crippen LogP contribution < -0.4 is 10.5 Å². The summed E-state index contributed by atoms with van der Waals surface area (Å²) < 4.78 is 5.28. The number of nitro groups is 1. The molecule has 14 heavy (non-hydrogen) atoms. The Hall–Kier alpha value is -1.78. The highest BCUT2D eigenvalue weighted by Crippen LogP contribution is 2.37. The second-order valence-corrected chi connectivity index (χ2v) is 3.19. The Balaban J connectivity index is 2.59. The maximum atomic E-state index is 10.7. The van der Waals surface area contributed by atoms with Gasteiger partial charge in [-0.25, -0.2) is 0 Å².